The molecule has 7 heteroatoms. The maximum Gasteiger partial charge on any atom is 0.234 e. The molecule has 1 N–H and O–H groups in total. The first kappa shape index (κ1) is 13.7. The third kappa shape index (κ3) is 3.08. The quantitative estimate of drug-likeness (QED) is 0.804. The number of nitrogens with one attached hydrogen (secondary N) is 1. The summed E-state index contributed by atoms with van der Waals surface area (Å²) in [5.74, 6) is 0.390. The van der Waals surface area contributed by atoms with E-state index in [1.165, 1.54) is 11.3 Å². The highest BCUT2D eigenvalue weighted by molar-refractivity contribution is 7.19. The Morgan fingerprint density at radius 3 is 2.76 bits per heavy atom. The summed E-state index contributed by atoms with van der Waals surface area (Å²) in [6.45, 7) is 4.05. The molecule has 1 aromatic carbocycles. The summed E-state index contributed by atoms with van der Waals surface area (Å²) in [5.41, 5.74) is 1.79. The van der Waals surface area contributed by atoms with Gasteiger partial charge in [-0.2, -0.15) is 9.61 Å². The van der Waals surface area contributed by atoms with E-state index < -0.39 is 0 Å². The van der Waals surface area contributed by atoms with E-state index in [1.54, 1.807) is 10.8 Å². The minimum absolute atomic E-state index is 0.0385. The van der Waals surface area contributed by atoms with Crippen molar-refractivity contribution in [2.75, 3.05) is 5.32 Å². The number of nitrogens with zero attached hydrogens (tertiary/aromatic N) is 4. The molecule has 3 aromatic rings. The fourth-order valence-electron chi connectivity index (χ4n) is 1.96. The monoisotopic (exact) mass is 301 g/mol. The van der Waals surface area contributed by atoms with Gasteiger partial charge in [0, 0.05) is 17.7 Å². The van der Waals surface area contributed by atoms with Crippen molar-refractivity contribution in [1.29, 1.82) is 0 Å². The summed E-state index contributed by atoms with van der Waals surface area (Å²) in [7, 11) is 0. The summed E-state index contributed by atoms with van der Waals surface area (Å²) in [6.07, 6.45) is 2.11. The second-order valence-electron chi connectivity index (χ2n) is 5.19. The minimum Gasteiger partial charge on any atom is -0.326 e. The average molecular weight is 301 g/mol. The van der Waals surface area contributed by atoms with Crippen molar-refractivity contribution in [3.8, 4) is 10.6 Å². The van der Waals surface area contributed by atoms with Crippen LogP contribution in [0.3, 0.4) is 0 Å². The number of hydrogen-bond acceptors (Lipinski definition) is 5. The maximum atomic E-state index is 11.7. The minimum atomic E-state index is 0.0385. The van der Waals surface area contributed by atoms with E-state index in [2.05, 4.69) is 20.6 Å². The van der Waals surface area contributed by atoms with Gasteiger partial charge in [-0.3, -0.25) is 4.79 Å². The predicted octanol–water partition coefficient (Wildman–Crippen LogP) is 2.84. The number of benzene rings is 1. The zero-order valence-electron chi connectivity index (χ0n) is 11.8. The van der Waals surface area contributed by atoms with Crippen molar-refractivity contribution >= 4 is 27.9 Å². The number of anilines is 1. The molecule has 0 unspecified atom stereocenters. The zero-order valence-corrected chi connectivity index (χ0v) is 12.6. The number of rotatable bonds is 4. The van der Waals surface area contributed by atoms with E-state index in [4.69, 9.17) is 0 Å². The van der Waals surface area contributed by atoms with E-state index in [1.807, 2.05) is 38.1 Å². The Balaban J connectivity index is 1.74. The molecule has 1 amide bonds. The van der Waals surface area contributed by atoms with Gasteiger partial charge in [0.2, 0.25) is 10.9 Å². The largest absolute Gasteiger partial charge is 0.326 e. The van der Waals surface area contributed by atoms with Gasteiger partial charge in [0.05, 0.1) is 0 Å². The van der Waals surface area contributed by atoms with Crippen LogP contribution in [0.25, 0.3) is 15.5 Å². The van der Waals surface area contributed by atoms with Crippen LogP contribution in [-0.4, -0.2) is 25.7 Å². The molecule has 6 nitrogen and oxygen atoms in total. The van der Waals surface area contributed by atoms with E-state index in [0.717, 1.165) is 21.2 Å². The second-order valence-corrected chi connectivity index (χ2v) is 6.14. The van der Waals surface area contributed by atoms with Gasteiger partial charge >= 0.3 is 0 Å². The molecule has 0 aliphatic rings. The fourth-order valence-corrected chi connectivity index (χ4v) is 2.78. The van der Waals surface area contributed by atoms with Crippen LogP contribution in [0.15, 0.2) is 30.6 Å². The lowest BCUT2D eigenvalue weighted by atomic mass is 10.1. The normalized spacial score (nSPS) is 11.2. The van der Waals surface area contributed by atoms with E-state index in [0.29, 0.717) is 12.3 Å². The van der Waals surface area contributed by atoms with Crippen LogP contribution >= 0.6 is 11.3 Å². The molecule has 0 aliphatic heterocycles. The van der Waals surface area contributed by atoms with Crippen molar-refractivity contribution in [3.63, 3.8) is 0 Å². The number of fused-ring (bicyclic) bond motifs is 1. The van der Waals surface area contributed by atoms with Gasteiger partial charge in [-0.25, -0.2) is 0 Å². The number of carbonyl (C=O) groups is 1. The van der Waals surface area contributed by atoms with Crippen LogP contribution in [0.5, 0.6) is 0 Å². The lowest BCUT2D eigenvalue weighted by molar-refractivity contribution is -0.116. The van der Waals surface area contributed by atoms with Crippen LogP contribution < -0.4 is 5.32 Å². The van der Waals surface area contributed by atoms with Gasteiger partial charge in [0.1, 0.15) is 11.3 Å². The molecule has 0 atom stereocenters. The molecule has 0 saturated carbocycles. The zero-order chi connectivity index (χ0) is 14.8. The first-order valence-corrected chi connectivity index (χ1v) is 7.50. The maximum absolute atomic E-state index is 11.7. The molecule has 108 valence electrons. The molecule has 2 heterocycles. The van der Waals surface area contributed by atoms with Gasteiger partial charge in [0.25, 0.3) is 0 Å². The topological polar surface area (TPSA) is 72.2 Å². The van der Waals surface area contributed by atoms with Gasteiger partial charge in [0.15, 0.2) is 0 Å². The lowest BCUT2D eigenvalue weighted by Gasteiger charge is -2.07. The van der Waals surface area contributed by atoms with Crippen molar-refractivity contribution in [1.82, 2.24) is 19.8 Å². The third-order valence-electron chi connectivity index (χ3n) is 2.90. The number of amides is 1. The highest BCUT2D eigenvalue weighted by Crippen LogP contribution is 2.25. The Labute approximate surface area is 125 Å². The number of hydrogen-bond donors (Lipinski definition) is 1. The Morgan fingerprint density at radius 2 is 2.10 bits per heavy atom. The second kappa shape index (κ2) is 5.61. The Hall–Kier alpha value is -2.28. The van der Waals surface area contributed by atoms with Gasteiger partial charge in [-0.15, -0.1) is 10.2 Å². The highest BCUT2D eigenvalue weighted by atomic mass is 32.1. The van der Waals surface area contributed by atoms with Gasteiger partial charge < -0.3 is 5.32 Å². The molecule has 0 spiro atoms. The van der Waals surface area contributed by atoms with Gasteiger partial charge in [-0.1, -0.05) is 25.2 Å². The molecular formula is C14H15N5OS. The van der Waals surface area contributed by atoms with E-state index >= 15 is 0 Å². The summed E-state index contributed by atoms with van der Waals surface area (Å²) < 4.78 is 1.65. The Kier molecular flexibility index (Phi) is 3.66. The van der Waals surface area contributed by atoms with E-state index in [9.17, 15) is 4.79 Å². The Bertz CT molecular complexity index is 731. The molecule has 0 saturated heterocycles. The summed E-state index contributed by atoms with van der Waals surface area (Å²) in [6, 6.07) is 7.65. The Morgan fingerprint density at radius 1 is 1.33 bits per heavy atom. The summed E-state index contributed by atoms with van der Waals surface area (Å²) in [5, 5.41) is 15.9. The van der Waals surface area contributed by atoms with Gasteiger partial charge in [-0.05, 0) is 30.2 Å². The van der Waals surface area contributed by atoms with Crippen molar-refractivity contribution in [2.45, 2.75) is 20.3 Å². The van der Waals surface area contributed by atoms with Crippen LogP contribution in [0.1, 0.15) is 20.3 Å². The SMILES string of the molecule is CC(C)CC(=O)Nc1ccc(-c2nn3cnnc3s2)cc1. The number of carbonyl (C=O) groups excluding carboxylic acids is 1. The molecule has 0 fully saturated rings. The molecule has 0 aliphatic carbocycles. The van der Waals surface area contributed by atoms with Crippen LogP contribution in [0.2, 0.25) is 0 Å². The molecule has 2 aromatic heterocycles. The highest BCUT2D eigenvalue weighted by Gasteiger charge is 2.09. The molecule has 0 radical (unpaired) electrons. The molecule has 0 bridgehead atoms. The molecular weight excluding hydrogens is 286 g/mol. The predicted molar refractivity (Wildman–Crippen MR) is 82.2 cm³/mol. The fraction of sp³-hybridized carbons (Fsp3) is 0.286. The summed E-state index contributed by atoms with van der Waals surface area (Å²) in [4.78, 5) is 12.5. The first-order chi connectivity index (χ1) is 10.1. The molecule has 21 heavy (non-hydrogen) atoms. The lowest BCUT2D eigenvalue weighted by Crippen LogP contribution is -2.13. The van der Waals surface area contributed by atoms with Crippen LogP contribution in [-0.2, 0) is 4.79 Å². The number of aromatic nitrogens is 4. The van der Waals surface area contributed by atoms with Crippen molar-refractivity contribution < 1.29 is 4.79 Å². The van der Waals surface area contributed by atoms with Crippen molar-refractivity contribution in [3.05, 3.63) is 30.6 Å². The van der Waals surface area contributed by atoms with Crippen LogP contribution in [0.4, 0.5) is 5.69 Å². The van der Waals surface area contributed by atoms with E-state index in [-0.39, 0.29) is 5.91 Å². The van der Waals surface area contributed by atoms with Crippen LogP contribution in [0, 0.1) is 5.92 Å². The summed E-state index contributed by atoms with van der Waals surface area (Å²) >= 11 is 1.48. The standard InChI is InChI=1S/C14H15N5OS/c1-9(2)7-12(20)16-11-5-3-10(4-6-11)13-18-19-8-15-17-14(19)21-13/h3-6,8-9H,7H2,1-2H3,(H,16,20). The third-order valence-corrected chi connectivity index (χ3v) is 3.86. The smallest absolute Gasteiger partial charge is 0.234 e. The van der Waals surface area contributed by atoms with Crippen molar-refractivity contribution in [2.24, 2.45) is 5.92 Å². The first-order valence-electron chi connectivity index (χ1n) is 6.69. The molecule has 3 rings (SSSR count). The average Bonchev–Trinajstić information content (AvgIpc) is 2.99.